The molecule has 118 valence electrons. The second-order valence-corrected chi connectivity index (χ2v) is 6.22. The van der Waals surface area contributed by atoms with Crippen LogP contribution in [0, 0.1) is 5.92 Å². The Hall–Kier alpha value is -0.810. The van der Waals surface area contributed by atoms with Crippen LogP contribution in [0.4, 0.5) is 0 Å². The normalized spacial score (nSPS) is 21.6. The summed E-state index contributed by atoms with van der Waals surface area (Å²) in [6, 6.07) is 0.524. The van der Waals surface area contributed by atoms with Crippen LogP contribution in [-0.2, 0) is 4.74 Å². The lowest BCUT2D eigenvalue weighted by Gasteiger charge is -2.27. The fraction of sp³-hybridized carbons (Fsp3) is 0.933. The first kappa shape index (κ1) is 17.2. The quantitative estimate of drug-likeness (QED) is 0.547. The van der Waals surface area contributed by atoms with Gasteiger partial charge in [0.15, 0.2) is 5.96 Å². The maximum atomic E-state index is 5.61. The Labute approximate surface area is 124 Å². The lowest BCUT2D eigenvalue weighted by Crippen LogP contribution is -2.47. The molecule has 0 amide bonds. The smallest absolute Gasteiger partial charge is 0.191 e. The van der Waals surface area contributed by atoms with E-state index < -0.39 is 0 Å². The number of hydrogen-bond donors (Lipinski definition) is 2. The van der Waals surface area contributed by atoms with Crippen molar-refractivity contribution >= 4 is 5.96 Å². The highest BCUT2D eigenvalue weighted by Crippen LogP contribution is 2.10. The Kier molecular flexibility index (Phi) is 7.92. The van der Waals surface area contributed by atoms with E-state index in [2.05, 4.69) is 48.5 Å². The zero-order valence-corrected chi connectivity index (χ0v) is 13.8. The Balaban J connectivity index is 2.31. The van der Waals surface area contributed by atoms with Gasteiger partial charge in [-0.05, 0) is 39.3 Å². The van der Waals surface area contributed by atoms with Crippen LogP contribution in [0.3, 0.4) is 0 Å². The Bertz CT molecular complexity index is 286. The molecule has 1 fully saturated rings. The first-order valence-corrected chi connectivity index (χ1v) is 7.75. The summed E-state index contributed by atoms with van der Waals surface area (Å²) in [6.07, 6.45) is 3.85. The minimum Gasteiger partial charge on any atom is -0.376 e. The second-order valence-electron chi connectivity index (χ2n) is 6.22. The highest BCUT2D eigenvalue weighted by Gasteiger charge is 2.17. The van der Waals surface area contributed by atoms with Crippen LogP contribution in [0.25, 0.3) is 0 Å². The van der Waals surface area contributed by atoms with Crippen molar-refractivity contribution in [3.8, 4) is 0 Å². The van der Waals surface area contributed by atoms with Crippen LogP contribution in [-0.4, -0.2) is 63.8 Å². The zero-order chi connectivity index (χ0) is 15.0. The van der Waals surface area contributed by atoms with Crippen molar-refractivity contribution in [1.29, 1.82) is 0 Å². The third-order valence-corrected chi connectivity index (χ3v) is 3.72. The van der Waals surface area contributed by atoms with Gasteiger partial charge < -0.3 is 20.3 Å². The molecule has 0 saturated carbocycles. The van der Waals surface area contributed by atoms with Gasteiger partial charge in [-0.15, -0.1) is 0 Å². The van der Waals surface area contributed by atoms with E-state index in [1.54, 1.807) is 0 Å². The third kappa shape index (κ3) is 6.57. The van der Waals surface area contributed by atoms with Gasteiger partial charge in [-0.2, -0.15) is 0 Å². The van der Waals surface area contributed by atoms with Crippen molar-refractivity contribution in [3.05, 3.63) is 0 Å². The fourth-order valence-corrected chi connectivity index (χ4v) is 2.47. The van der Waals surface area contributed by atoms with Crippen molar-refractivity contribution < 1.29 is 4.74 Å². The minimum absolute atomic E-state index is 0.342. The molecule has 0 spiro atoms. The Morgan fingerprint density at radius 3 is 2.60 bits per heavy atom. The largest absolute Gasteiger partial charge is 0.376 e. The van der Waals surface area contributed by atoms with Gasteiger partial charge >= 0.3 is 0 Å². The molecular formula is C15H32N4O. The van der Waals surface area contributed by atoms with Crippen molar-refractivity contribution in [2.24, 2.45) is 10.9 Å². The summed E-state index contributed by atoms with van der Waals surface area (Å²) in [5, 5.41) is 6.78. The second kappa shape index (κ2) is 9.19. The molecule has 0 radical (unpaired) electrons. The van der Waals surface area contributed by atoms with Gasteiger partial charge in [0.2, 0.25) is 0 Å². The summed E-state index contributed by atoms with van der Waals surface area (Å²) in [6.45, 7) is 7.18. The van der Waals surface area contributed by atoms with Gasteiger partial charge in [-0.25, -0.2) is 0 Å². The SMILES string of the molecule is CN=C(NCC1CCCO1)NCC(CC(C)C)N(C)C. The molecule has 5 nitrogen and oxygen atoms in total. The molecule has 2 N–H and O–H groups in total. The third-order valence-electron chi connectivity index (χ3n) is 3.72. The molecule has 0 aromatic heterocycles. The molecule has 1 heterocycles. The maximum Gasteiger partial charge on any atom is 0.191 e. The lowest BCUT2D eigenvalue weighted by atomic mass is 10.0. The topological polar surface area (TPSA) is 48.9 Å². The van der Waals surface area contributed by atoms with E-state index in [0.717, 1.165) is 32.1 Å². The molecule has 5 heteroatoms. The predicted molar refractivity (Wildman–Crippen MR) is 85.3 cm³/mol. The van der Waals surface area contributed by atoms with Crippen LogP contribution in [0.15, 0.2) is 4.99 Å². The number of ether oxygens (including phenoxy) is 1. The van der Waals surface area contributed by atoms with Crippen LogP contribution >= 0.6 is 0 Å². The van der Waals surface area contributed by atoms with Crippen molar-refractivity contribution in [1.82, 2.24) is 15.5 Å². The van der Waals surface area contributed by atoms with E-state index >= 15 is 0 Å². The molecule has 1 aliphatic rings. The highest BCUT2D eigenvalue weighted by molar-refractivity contribution is 5.79. The number of guanidine groups is 1. The summed E-state index contributed by atoms with van der Waals surface area (Å²) >= 11 is 0. The monoisotopic (exact) mass is 284 g/mol. The minimum atomic E-state index is 0.342. The van der Waals surface area contributed by atoms with E-state index in [-0.39, 0.29) is 0 Å². The number of rotatable bonds is 7. The Morgan fingerprint density at radius 1 is 1.35 bits per heavy atom. The molecule has 1 rings (SSSR count). The molecule has 20 heavy (non-hydrogen) atoms. The molecular weight excluding hydrogens is 252 g/mol. The molecule has 1 aliphatic heterocycles. The van der Waals surface area contributed by atoms with Crippen LogP contribution in [0.2, 0.25) is 0 Å². The molecule has 2 atom stereocenters. The van der Waals surface area contributed by atoms with E-state index in [9.17, 15) is 0 Å². The maximum absolute atomic E-state index is 5.61. The number of nitrogens with zero attached hydrogens (tertiary/aromatic N) is 2. The van der Waals surface area contributed by atoms with Gasteiger partial charge in [0.05, 0.1) is 6.10 Å². The van der Waals surface area contributed by atoms with E-state index in [1.807, 2.05) is 7.05 Å². The fourth-order valence-electron chi connectivity index (χ4n) is 2.47. The average molecular weight is 284 g/mol. The van der Waals surface area contributed by atoms with E-state index in [1.165, 1.54) is 12.8 Å². The molecule has 0 aromatic rings. The summed E-state index contributed by atoms with van der Waals surface area (Å²) in [5.41, 5.74) is 0. The van der Waals surface area contributed by atoms with Crippen LogP contribution < -0.4 is 10.6 Å². The molecule has 2 unspecified atom stereocenters. The zero-order valence-electron chi connectivity index (χ0n) is 13.8. The summed E-state index contributed by atoms with van der Waals surface area (Å²) in [4.78, 5) is 6.56. The van der Waals surface area contributed by atoms with Crippen molar-refractivity contribution in [3.63, 3.8) is 0 Å². The first-order chi connectivity index (χ1) is 9.52. The van der Waals surface area contributed by atoms with Crippen LogP contribution in [0.5, 0.6) is 0 Å². The van der Waals surface area contributed by atoms with Gasteiger partial charge in [-0.1, -0.05) is 13.8 Å². The average Bonchev–Trinajstić information content (AvgIpc) is 2.89. The number of aliphatic imine (C=N–C) groups is 1. The molecule has 1 saturated heterocycles. The van der Waals surface area contributed by atoms with Gasteiger partial charge in [0.1, 0.15) is 0 Å². The van der Waals surface area contributed by atoms with Gasteiger partial charge in [-0.3, -0.25) is 4.99 Å². The Morgan fingerprint density at radius 2 is 2.10 bits per heavy atom. The molecule has 0 aromatic carbocycles. The summed E-state index contributed by atoms with van der Waals surface area (Å²) < 4.78 is 5.61. The number of nitrogens with one attached hydrogen (secondary N) is 2. The van der Waals surface area contributed by atoms with Crippen molar-refractivity contribution in [2.75, 3.05) is 40.8 Å². The number of hydrogen-bond acceptors (Lipinski definition) is 3. The van der Waals surface area contributed by atoms with E-state index in [4.69, 9.17) is 4.74 Å². The van der Waals surface area contributed by atoms with Gasteiger partial charge in [0, 0.05) is 32.8 Å². The molecule has 0 aliphatic carbocycles. The van der Waals surface area contributed by atoms with Gasteiger partial charge in [0.25, 0.3) is 0 Å². The summed E-state index contributed by atoms with van der Waals surface area (Å²) in [7, 11) is 6.09. The molecule has 0 bridgehead atoms. The van der Waals surface area contributed by atoms with E-state index in [0.29, 0.717) is 18.1 Å². The first-order valence-electron chi connectivity index (χ1n) is 7.75. The summed E-state index contributed by atoms with van der Waals surface area (Å²) in [5.74, 6) is 1.57. The predicted octanol–water partition coefficient (Wildman–Crippen LogP) is 1.31. The van der Waals surface area contributed by atoms with Crippen LogP contribution in [0.1, 0.15) is 33.1 Å². The number of likely N-dealkylation sites (N-methyl/N-ethyl adjacent to an activating group) is 1. The van der Waals surface area contributed by atoms with Crippen molar-refractivity contribution in [2.45, 2.75) is 45.3 Å². The lowest BCUT2D eigenvalue weighted by molar-refractivity contribution is 0.113. The highest BCUT2D eigenvalue weighted by atomic mass is 16.5. The standard InChI is InChI=1S/C15H32N4O/c1-12(2)9-13(19(4)5)10-17-15(16-3)18-11-14-7-6-8-20-14/h12-14H,6-11H2,1-5H3,(H2,16,17,18).